The van der Waals surface area contributed by atoms with E-state index in [0.29, 0.717) is 25.9 Å². The van der Waals surface area contributed by atoms with E-state index in [-0.39, 0.29) is 5.91 Å². The van der Waals surface area contributed by atoms with Crippen LogP contribution in [-0.4, -0.2) is 41.6 Å². The number of nitrogens with one attached hydrogen (secondary N) is 1. The van der Waals surface area contributed by atoms with Crippen molar-refractivity contribution < 1.29 is 14.3 Å². The Morgan fingerprint density at radius 3 is 2.75 bits per heavy atom. The average Bonchev–Trinajstić information content (AvgIpc) is 2.81. The van der Waals surface area contributed by atoms with Gasteiger partial charge in [0, 0.05) is 19.5 Å². The fourth-order valence-corrected chi connectivity index (χ4v) is 2.10. The van der Waals surface area contributed by atoms with Crippen LogP contribution < -0.4 is 5.32 Å². The Balaban J connectivity index is 2.50. The Kier molecular flexibility index (Phi) is 5.87. The molecule has 5 nitrogen and oxygen atoms in total. The molecule has 1 heterocycles. The van der Waals surface area contributed by atoms with Gasteiger partial charge in [0.25, 0.3) is 0 Å². The summed E-state index contributed by atoms with van der Waals surface area (Å²) in [6.45, 7) is 6.56. The van der Waals surface area contributed by atoms with Gasteiger partial charge in [0.05, 0.1) is 0 Å². The molecule has 1 rings (SSSR count). The van der Waals surface area contributed by atoms with Crippen LogP contribution in [0, 0.1) is 12.3 Å². The smallest absolute Gasteiger partial charge is 0.410 e. The number of hydrogen-bond donors (Lipinski definition) is 1. The molecule has 20 heavy (non-hydrogen) atoms. The molecule has 1 N–H and O–H groups in total. The van der Waals surface area contributed by atoms with Crippen LogP contribution in [0.15, 0.2) is 0 Å². The molecular weight excluding hydrogens is 256 g/mol. The number of terminal acetylenes is 1. The zero-order chi connectivity index (χ0) is 15.2. The quantitative estimate of drug-likeness (QED) is 0.632. The van der Waals surface area contributed by atoms with Gasteiger partial charge in [0.2, 0.25) is 5.91 Å². The van der Waals surface area contributed by atoms with E-state index in [1.807, 2.05) is 20.8 Å². The maximum atomic E-state index is 12.1. The highest BCUT2D eigenvalue weighted by atomic mass is 16.6. The van der Waals surface area contributed by atoms with Crippen molar-refractivity contribution in [3.8, 4) is 12.3 Å². The molecule has 0 aromatic heterocycles. The van der Waals surface area contributed by atoms with Crippen molar-refractivity contribution in [2.45, 2.75) is 58.1 Å². The third-order valence-electron chi connectivity index (χ3n) is 2.98. The first-order valence-electron chi connectivity index (χ1n) is 7.06. The van der Waals surface area contributed by atoms with Gasteiger partial charge in [0.1, 0.15) is 11.6 Å². The number of carbonyl (C=O) groups excluding carboxylic acids is 2. The van der Waals surface area contributed by atoms with E-state index in [0.717, 1.165) is 12.8 Å². The second-order valence-electron chi connectivity index (χ2n) is 5.93. The summed E-state index contributed by atoms with van der Waals surface area (Å²) >= 11 is 0. The second kappa shape index (κ2) is 7.18. The van der Waals surface area contributed by atoms with Gasteiger partial charge in [-0.2, -0.15) is 0 Å². The van der Waals surface area contributed by atoms with Crippen molar-refractivity contribution in [2.75, 3.05) is 13.1 Å². The highest BCUT2D eigenvalue weighted by molar-refractivity contribution is 5.86. The third kappa shape index (κ3) is 5.12. The van der Waals surface area contributed by atoms with Crippen LogP contribution in [0.25, 0.3) is 0 Å². The zero-order valence-electron chi connectivity index (χ0n) is 12.6. The van der Waals surface area contributed by atoms with Gasteiger partial charge in [-0.05, 0) is 40.0 Å². The Bertz CT molecular complexity index is 393. The number of unbranched alkanes of at least 4 members (excludes halogenated alkanes) is 1. The molecule has 0 aliphatic carbocycles. The highest BCUT2D eigenvalue weighted by Crippen LogP contribution is 2.20. The first kappa shape index (κ1) is 16.4. The van der Waals surface area contributed by atoms with E-state index in [1.54, 1.807) is 0 Å². The van der Waals surface area contributed by atoms with E-state index in [9.17, 15) is 9.59 Å². The number of rotatable bonds is 4. The summed E-state index contributed by atoms with van der Waals surface area (Å²) in [7, 11) is 0. The third-order valence-corrected chi connectivity index (χ3v) is 2.98. The molecule has 0 saturated carbocycles. The first-order valence-corrected chi connectivity index (χ1v) is 7.06. The standard InChI is InChI=1S/C15H24N2O3/c1-5-6-7-10-16-13(18)12-9-8-11-17(12)14(19)20-15(2,3)4/h1,12H,6-11H2,2-4H3,(H,16,18)/t12-/m0/s1. The topological polar surface area (TPSA) is 58.6 Å². The van der Waals surface area contributed by atoms with Crippen molar-refractivity contribution in [3.63, 3.8) is 0 Å². The SMILES string of the molecule is C#CCCCNC(=O)[C@@H]1CCCN1C(=O)OC(C)(C)C. The minimum absolute atomic E-state index is 0.120. The minimum Gasteiger partial charge on any atom is -0.444 e. The summed E-state index contributed by atoms with van der Waals surface area (Å²) < 4.78 is 5.33. The summed E-state index contributed by atoms with van der Waals surface area (Å²) in [6, 6.07) is -0.421. The minimum atomic E-state index is -0.548. The van der Waals surface area contributed by atoms with Crippen molar-refractivity contribution in [1.29, 1.82) is 0 Å². The maximum absolute atomic E-state index is 12.1. The van der Waals surface area contributed by atoms with Gasteiger partial charge in [-0.15, -0.1) is 12.3 Å². The molecule has 1 atom stereocenters. The molecule has 5 heteroatoms. The Morgan fingerprint density at radius 2 is 2.15 bits per heavy atom. The summed E-state index contributed by atoms with van der Waals surface area (Å²) in [5.74, 6) is 2.41. The highest BCUT2D eigenvalue weighted by Gasteiger charge is 2.36. The summed E-state index contributed by atoms with van der Waals surface area (Å²) in [6.07, 6.45) is 7.63. The van der Waals surface area contributed by atoms with Gasteiger partial charge in [-0.1, -0.05) is 0 Å². The second-order valence-corrected chi connectivity index (χ2v) is 5.93. The molecule has 2 amide bonds. The van der Waals surface area contributed by atoms with Gasteiger partial charge in [0.15, 0.2) is 0 Å². The molecule has 0 unspecified atom stereocenters. The molecule has 0 aromatic carbocycles. The monoisotopic (exact) mass is 280 g/mol. The summed E-state index contributed by atoms with van der Waals surface area (Å²) in [4.78, 5) is 25.6. The van der Waals surface area contributed by atoms with Gasteiger partial charge in [-0.3, -0.25) is 9.69 Å². The van der Waals surface area contributed by atoms with Crippen molar-refractivity contribution in [2.24, 2.45) is 0 Å². The molecule has 1 fully saturated rings. The molecule has 0 aromatic rings. The number of nitrogens with zero attached hydrogens (tertiary/aromatic N) is 1. The van der Waals surface area contributed by atoms with Crippen LogP contribution in [-0.2, 0) is 9.53 Å². The zero-order valence-corrected chi connectivity index (χ0v) is 12.6. The van der Waals surface area contributed by atoms with Crippen LogP contribution in [0.2, 0.25) is 0 Å². The number of hydrogen-bond acceptors (Lipinski definition) is 3. The van der Waals surface area contributed by atoms with Gasteiger partial charge >= 0.3 is 6.09 Å². The van der Waals surface area contributed by atoms with Crippen LogP contribution in [0.3, 0.4) is 0 Å². The number of ether oxygens (including phenoxy) is 1. The van der Waals surface area contributed by atoms with Gasteiger partial charge in [-0.25, -0.2) is 4.79 Å². The van der Waals surface area contributed by atoms with E-state index >= 15 is 0 Å². The molecule has 1 aliphatic heterocycles. The summed E-state index contributed by atoms with van der Waals surface area (Å²) in [5.41, 5.74) is -0.548. The lowest BCUT2D eigenvalue weighted by Gasteiger charge is -2.28. The van der Waals surface area contributed by atoms with E-state index in [4.69, 9.17) is 11.2 Å². The van der Waals surface area contributed by atoms with Gasteiger partial charge < -0.3 is 10.1 Å². The predicted molar refractivity (Wildman–Crippen MR) is 77.0 cm³/mol. The Labute approximate surface area is 121 Å². The molecule has 0 bridgehead atoms. The van der Waals surface area contributed by atoms with Crippen LogP contribution in [0.5, 0.6) is 0 Å². The fraction of sp³-hybridized carbons (Fsp3) is 0.733. The molecular formula is C15H24N2O3. The maximum Gasteiger partial charge on any atom is 0.410 e. The largest absolute Gasteiger partial charge is 0.444 e. The molecule has 112 valence electrons. The number of likely N-dealkylation sites (tertiary alicyclic amines) is 1. The molecule has 1 aliphatic rings. The first-order chi connectivity index (χ1) is 9.35. The Morgan fingerprint density at radius 1 is 1.45 bits per heavy atom. The van der Waals surface area contributed by atoms with Crippen molar-refractivity contribution >= 4 is 12.0 Å². The Hall–Kier alpha value is -1.70. The summed E-state index contributed by atoms with van der Waals surface area (Å²) in [5, 5.41) is 2.82. The average molecular weight is 280 g/mol. The molecule has 1 saturated heterocycles. The van der Waals surface area contributed by atoms with Crippen molar-refractivity contribution in [3.05, 3.63) is 0 Å². The number of carbonyl (C=O) groups is 2. The van der Waals surface area contributed by atoms with E-state index in [1.165, 1.54) is 4.90 Å². The number of amides is 2. The fourth-order valence-electron chi connectivity index (χ4n) is 2.10. The molecule has 0 spiro atoms. The molecule has 0 radical (unpaired) electrons. The predicted octanol–water partition coefficient (Wildman–Crippen LogP) is 1.92. The normalized spacial score (nSPS) is 18.5. The van der Waals surface area contributed by atoms with Crippen LogP contribution in [0.4, 0.5) is 4.79 Å². The van der Waals surface area contributed by atoms with E-state index < -0.39 is 17.7 Å². The van der Waals surface area contributed by atoms with E-state index in [2.05, 4.69) is 11.2 Å². The lowest BCUT2D eigenvalue weighted by atomic mass is 10.2. The lowest BCUT2D eigenvalue weighted by Crippen LogP contribution is -2.47. The lowest BCUT2D eigenvalue weighted by molar-refractivity contribution is -0.125. The van der Waals surface area contributed by atoms with Crippen LogP contribution in [0.1, 0.15) is 46.5 Å². The van der Waals surface area contributed by atoms with Crippen LogP contribution >= 0.6 is 0 Å². The van der Waals surface area contributed by atoms with Crippen molar-refractivity contribution in [1.82, 2.24) is 10.2 Å².